The van der Waals surface area contributed by atoms with Crippen molar-refractivity contribution in [1.82, 2.24) is 9.80 Å². The molecule has 28 heavy (non-hydrogen) atoms. The average molecular weight is 378 g/mol. The standard InChI is InChI=1S/C23H28N3O2/c1-17(25-14-4-5-15-25)22-9-6-16-26(22)23(27)19-12-10-18(11-13-19)20-7-2-3-8-21(20)24-28/h2-3,7-8,10-13,17,22,24H,4-6,9,14-16H2,1H3/q-1. The summed E-state index contributed by atoms with van der Waals surface area (Å²) in [6.07, 6.45) is 4.71. The van der Waals surface area contributed by atoms with E-state index >= 15 is 0 Å². The summed E-state index contributed by atoms with van der Waals surface area (Å²) in [5.74, 6) is 0.121. The lowest BCUT2D eigenvalue weighted by Gasteiger charge is -2.35. The van der Waals surface area contributed by atoms with E-state index in [0.717, 1.165) is 49.2 Å². The summed E-state index contributed by atoms with van der Waals surface area (Å²) in [5.41, 5.74) is 5.03. The molecule has 0 spiro atoms. The Morgan fingerprint density at radius 1 is 1.04 bits per heavy atom. The first-order valence-corrected chi connectivity index (χ1v) is 10.3. The Balaban J connectivity index is 1.51. The van der Waals surface area contributed by atoms with Gasteiger partial charge in [0, 0.05) is 35.4 Å². The fourth-order valence-corrected chi connectivity index (χ4v) is 4.72. The average Bonchev–Trinajstić information content (AvgIpc) is 3.45. The first-order chi connectivity index (χ1) is 13.7. The van der Waals surface area contributed by atoms with Crippen LogP contribution >= 0.6 is 0 Å². The van der Waals surface area contributed by atoms with Gasteiger partial charge in [-0.3, -0.25) is 9.69 Å². The highest BCUT2D eigenvalue weighted by Gasteiger charge is 2.36. The molecule has 2 aliphatic rings. The topological polar surface area (TPSA) is 58.6 Å². The number of para-hydroxylation sites is 1. The zero-order valence-electron chi connectivity index (χ0n) is 16.4. The number of nitrogens with zero attached hydrogens (tertiary/aromatic N) is 2. The number of hydrogen-bond donors (Lipinski definition) is 1. The Morgan fingerprint density at radius 3 is 2.46 bits per heavy atom. The third-order valence-corrected chi connectivity index (χ3v) is 6.31. The van der Waals surface area contributed by atoms with Crippen molar-refractivity contribution in [2.45, 2.75) is 44.7 Å². The number of amides is 1. The van der Waals surface area contributed by atoms with Gasteiger partial charge < -0.3 is 15.6 Å². The van der Waals surface area contributed by atoms with Gasteiger partial charge in [0.15, 0.2) is 0 Å². The van der Waals surface area contributed by atoms with Crippen molar-refractivity contribution in [3.63, 3.8) is 0 Å². The maximum absolute atomic E-state index is 13.2. The molecule has 1 amide bonds. The number of rotatable bonds is 5. The molecule has 0 saturated carbocycles. The van der Waals surface area contributed by atoms with E-state index < -0.39 is 0 Å². The first kappa shape index (κ1) is 19.0. The maximum Gasteiger partial charge on any atom is 0.254 e. The predicted octanol–water partition coefficient (Wildman–Crippen LogP) is 4.35. The number of nitrogens with one attached hydrogen (secondary N) is 1. The summed E-state index contributed by atoms with van der Waals surface area (Å²) >= 11 is 0. The van der Waals surface area contributed by atoms with Crippen molar-refractivity contribution in [1.29, 1.82) is 0 Å². The van der Waals surface area contributed by atoms with Crippen LogP contribution in [0.15, 0.2) is 48.5 Å². The molecule has 2 saturated heterocycles. The van der Waals surface area contributed by atoms with Crippen molar-refractivity contribution in [2.75, 3.05) is 25.1 Å². The molecule has 2 atom stereocenters. The molecule has 2 heterocycles. The predicted molar refractivity (Wildman–Crippen MR) is 113 cm³/mol. The minimum Gasteiger partial charge on any atom is -0.761 e. The molecule has 1 N–H and O–H groups in total. The fourth-order valence-electron chi connectivity index (χ4n) is 4.72. The van der Waals surface area contributed by atoms with Gasteiger partial charge in [0.25, 0.3) is 5.91 Å². The van der Waals surface area contributed by atoms with Crippen LogP contribution in [0.5, 0.6) is 0 Å². The number of anilines is 1. The molecule has 2 aromatic carbocycles. The van der Waals surface area contributed by atoms with Gasteiger partial charge in [-0.15, -0.1) is 0 Å². The monoisotopic (exact) mass is 378 g/mol. The van der Waals surface area contributed by atoms with Gasteiger partial charge in [-0.1, -0.05) is 30.3 Å². The number of benzene rings is 2. The molecular weight excluding hydrogens is 350 g/mol. The first-order valence-electron chi connectivity index (χ1n) is 10.3. The van der Waals surface area contributed by atoms with E-state index in [1.165, 1.54) is 12.8 Å². The largest absolute Gasteiger partial charge is 0.761 e. The van der Waals surface area contributed by atoms with E-state index in [0.29, 0.717) is 17.8 Å². The summed E-state index contributed by atoms with van der Waals surface area (Å²) < 4.78 is 0. The molecule has 2 fully saturated rings. The minimum absolute atomic E-state index is 0.121. The van der Waals surface area contributed by atoms with Crippen LogP contribution in [0.4, 0.5) is 5.69 Å². The van der Waals surface area contributed by atoms with Crippen molar-refractivity contribution in [2.24, 2.45) is 0 Å². The second kappa shape index (κ2) is 8.33. The van der Waals surface area contributed by atoms with Crippen molar-refractivity contribution in [3.05, 3.63) is 59.3 Å². The summed E-state index contributed by atoms with van der Waals surface area (Å²) in [7, 11) is 0. The van der Waals surface area contributed by atoms with Crippen LogP contribution in [0.2, 0.25) is 0 Å². The Hall–Kier alpha value is -2.37. The molecule has 2 aromatic rings. The summed E-state index contributed by atoms with van der Waals surface area (Å²) in [6.45, 7) is 5.42. The molecule has 5 heteroatoms. The lowest BCUT2D eigenvalue weighted by Crippen LogP contribution is -2.48. The van der Waals surface area contributed by atoms with E-state index in [1.54, 1.807) is 6.07 Å². The van der Waals surface area contributed by atoms with Gasteiger partial charge in [-0.25, -0.2) is 0 Å². The van der Waals surface area contributed by atoms with Crippen molar-refractivity contribution in [3.8, 4) is 11.1 Å². The van der Waals surface area contributed by atoms with Crippen LogP contribution in [0.3, 0.4) is 0 Å². The Kier molecular flexibility index (Phi) is 5.64. The van der Waals surface area contributed by atoms with Crippen LogP contribution in [0.1, 0.15) is 43.0 Å². The quantitative estimate of drug-likeness (QED) is 0.786. The van der Waals surface area contributed by atoms with E-state index in [9.17, 15) is 10.0 Å². The second-order valence-corrected chi connectivity index (χ2v) is 7.92. The van der Waals surface area contributed by atoms with Gasteiger partial charge in [0.05, 0.1) is 0 Å². The molecule has 0 bridgehead atoms. The smallest absolute Gasteiger partial charge is 0.254 e. The SMILES string of the molecule is CC(C1CCCN1C(=O)c1ccc(-c2ccccc2N[O-])cc1)N1CCCC1. The molecule has 0 aliphatic carbocycles. The van der Waals surface area contributed by atoms with Gasteiger partial charge in [0.2, 0.25) is 0 Å². The highest BCUT2D eigenvalue weighted by atomic mass is 16.5. The molecule has 2 unspecified atom stereocenters. The van der Waals surface area contributed by atoms with E-state index in [4.69, 9.17) is 0 Å². The highest BCUT2D eigenvalue weighted by molar-refractivity contribution is 5.95. The lowest BCUT2D eigenvalue weighted by molar-refractivity contribution is 0.0643. The van der Waals surface area contributed by atoms with Crippen molar-refractivity contribution < 1.29 is 4.79 Å². The highest BCUT2D eigenvalue weighted by Crippen LogP contribution is 2.30. The van der Waals surface area contributed by atoms with Crippen LogP contribution < -0.4 is 5.48 Å². The molecule has 0 radical (unpaired) electrons. The Bertz CT molecular complexity index is 815. The van der Waals surface area contributed by atoms with E-state index in [2.05, 4.69) is 16.7 Å². The summed E-state index contributed by atoms with van der Waals surface area (Å²) in [5, 5.41) is 11.2. The zero-order valence-corrected chi connectivity index (χ0v) is 16.4. The van der Waals surface area contributed by atoms with E-state index in [-0.39, 0.29) is 5.91 Å². The minimum atomic E-state index is 0.121. The van der Waals surface area contributed by atoms with Crippen LogP contribution in [-0.4, -0.2) is 47.4 Å². The van der Waals surface area contributed by atoms with E-state index in [1.807, 2.05) is 47.9 Å². The Morgan fingerprint density at radius 2 is 1.75 bits per heavy atom. The molecule has 148 valence electrons. The number of likely N-dealkylation sites (tertiary alicyclic amines) is 2. The van der Waals surface area contributed by atoms with Crippen molar-refractivity contribution >= 4 is 11.6 Å². The molecular formula is C23H28N3O2-. The van der Waals surface area contributed by atoms with Gasteiger partial charge in [-0.05, 0) is 69.5 Å². The van der Waals surface area contributed by atoms with Crippen LogP contribution in [-0.2, 0) is 0 Å². The maximum atomic E-state index is 13.2. The van der Waals surface area contributed by atoms with Crippen LogP contribution in [0.25, 0.3) is 11.1 Å². The molecule has 0 aromatic heterocycles. The van der Waals surface area contributed by atoms with Gasteiger partial charge >= 0.3 is 0 Å². The third kappa shape index (κ3) is 3.64. The number of carbonyl (C=O) groups excluding carboxylic acids is 1. The van der Waals surface area contributed by atoms with Gasteiger partial charge in [-0.2, -0.15) is 0 Å². The fraction of sp³-hybridized carbons (Fsp3) is 0.435. The third-order valence-electron chi connectivity index (χ3n) is 6.31. The normalized spacial score (nSPS) is 21.1. The second-order valence-electron chi connectivity index (χ2n) is 7.92. The molecule has 4 rings (SSSR count). The zero-order chi connectivity index (χ0) is 19.5. The summed E-state index contributed by atoms with van der Waals surface area (Å²) in [6, 6.07) is 15.8. The number of carbonyl (C=O) groups is 1. The summed E-state index contributed by atoms with van der Waals surface area (Å²) in [4.78, 5) is 17.8. The number of hydrogen-bond acceptors (Lipinski definition) is 4. The molecule has 5 nitrogen and oxygen atoms in total. The van der Waals surface area contributed by atoms with Crippen LogP contribution in [0, 0.1) is 5.21 Å². The molecule has 2 aliphatic heterocycles. The van der Waals surface area contributed by atoms with Gasteiger partial charge in [0.1, 0.15) is 0 Å². The lowest BCUT2D eigenvalue weighted by atomic mass is 10.0. The Labute approximate surface area is 166 Å².